The van der Waals surface area contributed by atoms with E-state index in [4.69, 9.17) is 9.47 Å². The quantitative estimate of drug-likeness (QED) is 0.758. The molecule has 2 aromatic carbocycles. The van der Waals surface area contributed by atoms with Gasteiger partial charge in [0.05, 0.1) is 6.54 Å². The molecule has 1 aliphatic carbocycles. The van der Waals surface area contributed by atoms with Gasteiger partial charge in [0.2, 0.25) is 0 Å². The summed E-state index contributed by atoms with van der Waals surface area (Å²) < 4.78 is 11.0. The maximum Gasteiger partial charge on any atom is 0.410 e. The highest BCUT2D eigenvalue weighted by molar-refractivity contribution is 5.82. The summed E-state index contributed by atoms with van der Waals surface area (Å²) in [7, 11) is 0. The Kier molecular flexibility index (Phi) is 6.01. The first-order valence-corrected chi connectivity index (χ1v) is 11.0. The highest BCUT2D eigenvalue weighted by Crippen LogP contribution is 2.44. The molecule has 1 unspecified atom stereocenters. The van der Waals surface area contributed by atoms with E-state index in [0.717, 1.165) is 22.3 Å². The zero-order chi connectivity index (χ0) is 23.8. The van der Waals surface area contributed by atoms with Gasteiger partial charge in [-0.05, 0) is 43.0 Å². The fourth-order valence-corrected chi connectivity index (χ4v) is 4.38. The topological polar surface area (TPSA) is 96.4 Å². The summed E-state index contributed by atoms with van der Waals surface area (Å²) in [5.41, 5.74) is 3.69. The number of carboxylic acids is 1. The van der Waals surface area contributed by atoms with Gasteiger partial charge in [0.25, 0.3) is 0 Å². The Balaban J connectivity index is 1.45. The van der Waals surface area contributed by atoms with Crippen molar-refractivity contribution in [2.45, 2.75) is 38.3 Å². The number of piperazine rings is 1. The van der Waals surface area contributed by atoms with E-state index in [1.807, 2.05) is 48.5 Å². The smallest absolute Gasteiger partial charge is 0.410 e. The van der Waals surface area contributed by atoms with Crippen LogP contribution in [-0.4, -0.2) is 70.9 Å². The first-order chi connectivity index (χ1) is 15.7. The molecule has 4 rings (SSSR count). The molecular formula is C25H28N2O6. The minimum atomic E-state index is -1.21. The molecule has 1 aliphatic heterocycles. The summed E-state index contributed by atoms with van der Waals surface area (Å²) >= 11 is 0. The zero-order valence-corrected chi connectivity index (χ0v) is 19.0. The van der Waals surface area contributed by atoms with Crippen molar-refractivity contribution in [1.29, 1.82) is 0 Å². The molecule has 8 nitrogen and oxygen atoms in total. The van der Waals surface area contributed by atoms with Gasteiger partial charge in [-0.2, -0.15) is 0 Å². The molecule has 2 aliphatic rings. The van der Waals surface area contributed by atoms with Crippen LogP contribution in [0, 0.1) is 0 Å². The maximum absolute atomic E-state index is 12.9. The van der Waals surface area contributed by atoms with E-state index in [2.05, 4.69) is 0 Å². The van der Waals surface area contributed by atoms with E-state index in [0.29, 0.717) is 0 Å². The fourth-order valence-electron chi connectivity index (χ4n) is 4.38. The summed E-state index contributed by atoms with van der Waals surface area (Å²) in [6.07, 6.45) is -1.30. The lowest BCUT2D eigenvalue weighted by Crippen LogP contribution is -2.60. The van der Waals surface area contributed by atoms with E-state index in [1.54, 1.807) is 20.8 Å². The number of amides is 2. The van der Waals surface area contributed by atoms with Crippen LogP contribution in [0.15, 0.2) is 48.5 Å². The molecule has 1 fully saturated rings. The number of fused-ring (bicyclic) bond motifs is 3. The molecule has 2 aromatic rings. The minimum Gasteiger partial charge on any atom is -0.480 e. The number of hydrogen-bond donors (Lipinski definition) is 1. The molecule has 0 saturated carbocycles. The number of nitrogens with zero attached hydrogens (tertiary/aromatic N) is 2. The number of hydrogen-bond acceptors (Lipinski definition) is 5. The second kappa shape index (κ2) is 8.77. The summed E-state index contributed by atoms with van der Waals surface area (Å²) in [6, 6.07) is 14.8. The molecule has 1 atom stereocenters. The average Bonchev–Trinajstić information content (AvgIpc) is 3.09. The van der Waals surface area contributed by atoms with Gasteiger partial charge in [-0.3, -0.25) is 4.90 Å². The Labute approximate surface area is 192 Å². The lowest BCUT2D eigenvalue weighted by molar-refractivity contribution is -0.144. The lowest BCUT2D eigenvalue weighted by Gasteiger charge is -2.39. The van der Waals surface area contributed by atoms with Crippen molar-refractivity contribution in [3.05, 3.63) is 59.7 Å². The van der Waals surface area contributed by atoms with Crippen LogP contribution in [0.3, 0.4) is 0 Å². The van der Waals surface area contributed by atoms with E-state index in [-0.39, 0.29) is 32.2 Å². The molecule has 1 N–H and O–H groups in total. The largest absolute Gasteiger partial charge is 0.480 e. The van der Waals surface area contributed by atoms with Gasteiger partial charge in [-0.1, -0.05) is 48.5 Å². The summed E-state index contributed by atoms with van der Waals surface area (Å²) in [4.78, 5) is 39.6. The van der Waals surface area contributed by atoms with Crippen LogP contribution in [0.1, 0.15) is 37.8 Å². The van der Waals surface area contributed by atoms with Gasteiger partial charge in [0.15, 0.2) is 6.04 Å². The van der Waals surface area contributed by atoms with Gasteiger partial charge in [-0.15, -0.1) is 0 Å². The predicted molar refractivity (Wildman–Crippen MR) is 121 cm³/mol. The molecule has 0 bridgehead atoms. The second-order valence-electron chi connectivity index (χ2n) is 9.28. The van der Waals surface area contributed by atoms with E-state index >= 15 is 0 Å². The Morgan fingerprint density at radius 1 is 0.939 bits per heavy atom. The van der Waals surface area contributed by atoms with E-state index in [1.165, 1.54) is 9.80 Å². The van der Waals surface area contributed by atoms with Gasteiger partial charge < -0.3 is 19.5 Å². The van der Waals surface area contributed by atoms with Crippen LogP contribution in [0.25, 0.3) is 11.1 Å². The molecule has 1 heterocycles. The highest BCUT2D eigenvalue weighted by Gasteiger charge is 2.39. The SMILES string of the molecule is CC(C)(C)OC(=O)N1CCN(C(=O)OCC2c3ccccc3-c3ccccc32)C(C(=O)O)C1. The van der Waals surface area contributed by atoms with Crippen LogP contribution >= 0.6 is 0 Å². The Morgan fingerprint density at radius 2 is 1.52 bits per heavy atom. The van der Waals surface area contributed by atoms with Gasteiger partial charge in [0.1, 0.15) is 12.2 Å². The number of carbonyl (C=O) groups is 3. The lowest BCUT2D eigenvalue weighted by atomic mass is 9.98. The highest BCUT2D eigenvalue weighted by atomic mass is 16.6. The van der Waals surface area contributed by atoms with Crippen molar-refractivity contribution in [1.82, 2.24) is 9.80 Å². The van der Waals surface area contributed by atoms with Crippen LogP contribution in [0.4, 0.5) is 9.59 Å². The number of carboxylic acid groups (broad SMARTS) is 1. The molecule has 8 heteroatoms. The molecule has 0 spiro atoms. The summed E-state index contributed by atoms with van der Waals surface area (Å²) in [6.45, 7) is 5.39. The monoisotopic (exact) mass is 452 g/mol. The second-order valence-corrected chi connectivity index (χ2v) is 9.28. The van der Waals surface area contributed by atoms with Crippen molar-refractivity contribution in [3.63, 3.8) is 0 Å². The molecule has 0 radical (unpaired) electrons. The number of aliphatic carboxylic acids is 1. The molecule has 0 aromatic heterocycles. The van der Waals surface area contributed by atoms with Gasteiger partial charge in [0, 0.05) is 19.0 Å². The number of rotatable bonds is 3. The van der Waals surface area contributed by atoms with Crippen molar-refractivity contribution in [2.24, 2.45) is 0 Å². The van der Waals surface area contributed by atoms with Gasteiger partial charge in [-0.25, -0.2) is 14.4 Å². The van der Waals surface area contributed by atoms with Crippen molar-refractivity contribution in [3.8, 4) is 11.1 Å². The standard InChI is InChI=1S/C25H28N2O6/c1-25(2,3)33-23(30)26-12-13-27(21(14-26)22(28)29)24(31)32-15-20-18-10-6-4-8-16(18)17-9-5-7-11-19(17)20/h4-11,20-21H,12-15H2,1-3H3,(H,28,29). The van der Waals surface area contributed by atoms with Gasteiger partial charge >= 0.3 is 18.2 Å². The minimum absolute atomic E-state index is 0.0485. The summed E-state index contributed by atoms with van der Waals surface area (Å²) in [5.74, 6) is -1.32. The normalized spacial score (nSPS) is 17.8. The fraction of sp³-hybridized carbons (Fsp3) is 0.400. The molecule has 33 heavy (non-hydrogen) atoms. The maximum atomic E-state index is 12.9. The van der Waals surface area contributed by atoms with Crippen LogP contribution in [0.2, 0.25) is 0 Å². The van der Waals surface area contributed by atoms with E-state index in [9.17, 15) is 19.5 Å². The Morgan fingerprint density at radius 3 is 2.06 bits per heavy atom. The average molecular weight is 453 g/mol. The Bertz CT molecular complexity index is 1030. The zero-order valence-electron chi connectivity index (χ0n) is 19.0. The van der Waals surface area contributed by atoms with Crippen LogP contribution in [-0.2, 0) is 14.3 Å². The Hall–Kier alpha value is -3.55. The predicted octanol–water partition coefficient (Wildman–Crippen LogP) is 3.94. The summed E-state index contributed by atoms with van der Waals surface area (Å²) in [5, 5.41) is 9.70. The molecule has 2 amide bonds. The third-order valence-corrected chi connectivity index (χ3v) is 5.89. The van der Waals surface area contributed by atoms with Crippen molar-refractivity contribution in [2.75, 3.05) is 26.2 Å². The number of benzene rings is 2. The third kappa shape index (κ3) is 4.65. The third-order valence-electron chi connectivity index (χ3n) is 5.89. The molecular weight excluding hydrogens is 424 g/mol. The van der Waals surface area contributed by atoms with Crippen LogP contribution in [0.5, 0.6) is 0 Å². The van der Waals surface area contributed by atoms with Crippen LogP contribution < -0.4 is 0 Å². The first-order valence-electron chi connectivity index (χ1n) is 11.0. The molecule has 174 valence electrons. The van der Waals surface area contributed by atoms with E-state index < -0.39 is 29.8 Å². The van der Waals surface area contributed by atoms with Crippen molar-refractivity contribution >= 4 is 18.2 Å². The number of carbonyl (C=O) groups excluding carboxylic acids is 2. The van der Waals surface area contributed by atoms with Crippen molar-refractivity contribution < 1.29 is 29.0 Å². The number of ether oxygens (including phenoxy) is 2. The molecule has 1 saturated heterocycles. The first kappa shape index (κ1) is 22.6.